The van der Waals surface area contributed by atoms with Crippen molar-refractivity contribution in [3.63, 3.8) is 0 Å². The number of hydrogen-bond acceptors (Lipinski definition) is 5. The average Bonchev–Trinajstić information content (AvgIpc) is 2.69. The van der Waals surface area contributed by atoms with E-state index >= 15 is 0 Å². The van der Waals surface area contributed by atoms with Crippen LogP contribution in [0.25, 0.3) is 0 Å². The highest BCUT2D eigenvalue weighted by Crippen LogP contribution is 2.21. The van der Waals surface area contributed by atoms with Crippen LogP contribution in [0.1, 0.15) is 12.5 Å². The van der Waals surface area contributed by atoms with Crippen LogP contribution in [0.15, 0.2) is 60.9 Å². The van der Waals surface area contributed by atoms with Gasteiger partial charge in [-0.25, -0.2) is 14.8 Å². The molecule has 3 aromatic rings. The van der Waals surface area contributed by atoms with Crippen molar-refractivity contribution in [3.8, 4) is 0 Å². The van der Waals surface area contributed by atoms with Gasteiger partial charge in [0.2, 0.25) is 5.91 Å². The molecular formula is C21H22N6O2. The minimum atomic E-state index is -0.309. The molecule has 8 heteroatoms. The Bertz CT molecular complexity index is 1040. The first-order valence-electron chi connectivity index (χ1n) is 8.99. The molecule has 0 unspecified atom stereocenters. The molecule has 0 aliphatic heterocycles. The van der Waals surface area contributed by atoms with Crippen LogP contribution >= 0.6 is 0 Å². The lowest BCUT2D eigenvalue weighted by molar-refractivity contribution is -0.114. The van der Waals surface area contributed by atoms with Crippen molar-refractivity contribution in [1.29, 1.82) is 0 Å². The number of carbonyl (C=O) groups is 2. The first-order valence-corrected chi connectivity index (χ1v) is 8.99. The molecule has 1 heterocycles. The van der Waals surface area contributed by atoms with E-state index in [0.717, 1.165) is 16.9 Å². The number of carbonyl (C=O) groups excluding carboxylic acids is 2. The van der Waals surface area contributed by atoms with Gasteiger partial charge in [-0.2, -0.15) is 0 Å². The number of amides is 3. The van der Waals surface area contributed by atoms with E-state index in [1.807, 2.05) is 43.3 Å². The Morgan fingerprint density at radius 2 is 1.69 bits per heavy atom. The highest BCUT2D eigenvalue weighted by molar-refractivity contribution is 6.01. The molecule has 3 rings (SSSR count). The normalized spacial score (nSPS) is 10.2. The lowest BCUT2D eigenvalue weighted by Crippen LogP contribution is -2.32. The van der Waals surface area contributed by atoms with E-state index in [4.69, 9.17) is 0 Å². The van der Waals surface area contributed by atoms with Crippen LogP contribution in [-0.4, -0.2) is 29.0 Å². The van der Waals surface area contributed by atoms with Gasteiger partial charge in [-0.3, -0.25) is 9.69 Å². The molecule has 0 fully saturated rings. The summed E-state index contributed by atoms with van der Waals surface area (Å²) in [5.41, 5.74) is 3.13. The number of hydrogen-bond donors (Lipinski definition) is 3. The Morgan fingerprint density at radius 3 is 2.45 bits per heavy atom. The Hall–Kier alpha value is -3.94. The summed E-state index contributed by atoms with van der Waals surface area (Å²) in [5.74, 6) is 0.810. The second-order valence-corrected chi connectivity index (χ2v) is 6.45. The zero-order chi connectivity index (χ0) is 20.8. The number of nitrogens with zero attached hydrogens (tertiary/aromatic N) is 3. The molecule has 0 saturated carbocycles. The quantitative estimate of drug-likeness (QED) is 0.608. The summed E-state index contributed by atoms with van der Waals surface area (Å²) in [6.45, 7) is 3.38. The fourth-order valence-electron chi connectivity index (χ4n) is 2.64. The van der Waals surface area contributed by atoms with E-state index in [1.54, 1.807) is 25.2 Å². The number of aryl methyl sites for hydroxylation is 1. The third-order valence-corrected chi connectivity index (χ3v) is 4.14. The molecule has 3 N–H and O–H groups in total. The summed E-state index contributed by atoms with van der Waals surface area (Å²) in [6.07, 6.45) is 1.38. The fourth-order valence-corrected chi connectivity index (χ4v) is 2.64. The molecule has 0 spiro atoms. The predicted molar refractivity (Wildman–Crippen MR) is 115 cm³/mol. The molecule has 148 valence electrons. The Balaban J connectivity index is 1.72. The van der Waals surface area contributed by atoms with E-state index in [0.29, 0.717) is 17.3 Å². The van der Waals surface area contributed by atoms with Gasteiger partial charge in [0, 0.05) is 37.1 Å². The largest absolute Gasteiger partial charge is 0.340 e. The second kappa shape index (κ2) is 8.83. The number of anilines is 5. The van der Waals surface area contributed by atoms with Gasteiger partial charge in [-0.1, -0.05) is 24.3 Å². The molecule has 0 bridgehead atoms. The molecule has 1 aromatic heterocycles. The molecule has 29 heavy (non-hydrogen) atoms. The van der Waals surface area contributed by atoms with Gasteiger partial charge in [-0.05, 0) is 36.8 Å². The third-order valence-electron chi connectivity index (χ3n) is 4.14. The number of rotatable bonds is 5. The van der Waals surface area contributed by atoms with E-state index in [9.17, 15) is 9.59 Å². The van der Waals surface area contributed by atoms with Crippen molar-refractivity contribution in [3.05, 3.63) is 66.5 Å². The SMILES string of the molecule is CC(=O)Nc1cccc(Nc2cc(N(C)C(=O)Nc3ccccc3C)ncn2)c1. The molecule has 0 aliphatic carbocycles. The first-order chi connectivity index (χ1) is 13.9. The maximum absolute atomic E-state index is 12.6. The lowest BCUT2D eigenvalue weighted by Gasteiger charge is -2.18. The minimum absolute atomic E-state index is 0.146. The van der Waals surface area contributed by atoms with E-state index < -0.39 is 0 Å². The van der Waals surface area contributed by atoms with Crippen molar-refractivity contribution in [1.82, 2.24) is 9.97 Å². The standard InChI is InChI=1S/C21H22N6O2/c1-14-7-4-5-10-18(14)26-21(29)27(3)20-12-19(22-13-23-20)25-17-9-6-8-16(11-17)24-15(2)28/h4-13H,1-3H3,(H,24,28)(H,26,29)(H,22,23,25). The van der Waals surface area contributed by atoms with Gasteiger partial charge in [0.25, 0.3) is 0 Å². The number of para-hydroxylation sites is 1. The van der Waals surface area contributed by atoms with Crippen molar-refractivity contribution in [2.45, 2.75) is 13.8 Å². The summed E-state index contributed by atoms with van der Waals surface area (Å²) in [7, 11) is 1.64. The summed E-state index contributed by atoms with van der Waals surface area (Å²) in [5, 5.41) is 8.75. The molecule has 3 amide bonds. The molecule has 0 atom stereocenters. The van der Waals surface area contributed by atoms with Crippen LogP contribution in [0, 0.1) is 6.92 Å². The van der Waals surface area contributed by atoms with Crippen LogP contribution in [0.5, 0.6) is 0 Å². The number of benzene rings is 2. The summed E-state index contributed by atoms with van der Waals surface area (Å²) >= 11 is 0. The molecule has 0 aliphatic rings. The van der Waals surface area contributed by atoms with Gasteiger partial charge in [0.15, 0.2) is 0 Å². The fraction of sp³-hybridized carbons (Fsp3) is 0.143. The van der Waals surface area contributed by atoms with Gasteiger partial charge in [0.1, 0.15) is 18.0 Å². The van der Waals surface area contributed by atoms with Crippen molar-refractivity contribution >= 4 is 40.6 Å². The van der Waals surface area contributed by atoms with Crippen molar-refractivity contribution in [2.24, 2.45) is 0 Å². The summed E-state index contributed by atoms with van der Waals surface area (Å²) < 4.78 is 0. The summed E-state index contributed by atoms with van der Waals surface area (Å²) in [4.78, 5) is 33.6. The number of urea groups is 1. The van der Waals surface area contributed by atoms with Crippen LogP contribution in [-0.2, 0) is 4.79 Å². The van der Waals surface area contributed by atoms with Gasteiger partial charge >= 0.3 is 6.03 Å². The van der Waals surface area contributed by atoms with E-state index in [-0.39, 0.29) is 11.9 Å². The second-order valence-electron chi connectivity index (χ2n) is 6.45. The van der Waals surface area contributed by atoms with E-state index in [1.165, 1.54) is 18.2 Å². The van der Waals surface area contributed by atoms with Gasteiger partial charge < -0.3 is 16.0 Å². The minimum Gasteiger partial charge on any atom is -0.340 e. The number of aromatic nitrogens is 2. The van der Waals surface area contributed by atoms with Crippen LogP contribution < -0.4 is 20.9 Å². The monoisotopic (exact) mass is 390 g/mol. The molecule has 0 saturated heterocycles. The molecule has 8 nitrogen and oxygen atoms in total. The zero-order valence-corrected chi connectivity index (χ0v) is 16.4. The first kappa shape index (κ1) is 19.8. The lowest BCUT2D eigenvalue weighted by atomic mass is 10.2. The van der Waals surface area contributed by atoms with E-state index in [2.05, 4.69) is 25.9 Å². The molecular weight excluding hydrogens is 368 g/mol. The average molecular weight is 390 g/mol. The van der Waals surface area contributed by atoms with Gasteiger partial charge in [-0.15, -0.1) is 0 Å². The van der Waals surface area contributed by atoms with Crippen LogP contribution in [0.3, 0.4) is 0 Å². The molecule has 2 aromatic carbocycles. The third kappa shape index (κ3) is 5.29. The van der Waals surface area contributed by atoms with Crippen molar-refractivity contribution < 1.29 is 9.59 Å². The zero-order valence-electron chi connectivity index (χ0n) is 16.4. The van der Waals surface area contributed by atoms with Crippen LogP contribution in [0.2, 0.25) is 0 Å². The highest BCUT2D eigenvalue weighted by atomic mass is 16.2. The smallest absolute Gasteiger partial charge is 0.327 e. The Kier molecular flexibility index (Phi) is 6.03. The maximum atomic E-state index is 12.6. The highest BCUT2D eigenvalue weighted by Gasteiger charge is 2.14. The predicted octanol–water partition coefficient (Wildman–Crippen LogP) is 4.16. The Morgan fingerprint density at radius 1 is 0.931 bits per heavy atom. The Labute approximate surface area is 169 Å². The van der Waals surface area contributed by atoms with Crippen LogP contribution in [0.4, 0.5) is 33.5 Å². The van der Waals surface area contributed by atoms with Crippen molar-refractivity contribution in [2.75, 3.05) is 27.9 Å². The topological polar surface area (TPSA) is 99.2 Å². The number of nitrogens with one attached hydrogen (secondary N) is 3. The maximum Gasteiger partial charge on any atom is 0.327 e. The molecule has 0 radical (unpaired) electrons. The van der Waals surface area contributed by atoms with Gasteiger partial charge in [0.05, 0.1) is 0 Å². The summed E-state index contributed by atoms with van der Waals surface area (Å²) in [6, 6.07) is 16.2.